The summed E-state index contributed by atoms with van der Waals surface area (Å²) in [4.78, 5) is 23.7. The van der Waals surface area contributed by atoms with Crippen LogP contribution in [0.5, 0.6) is 5.75 Å². The molecule has 0 saturated heterocycles. The van der Waals surface area contributed by atoms with Crippen molar-refractivity contribution < 1.29 is 14.3 Å². The summed E-state index contributed by atoms with van der Waals surface area (Å²) in [5.74, 6) is 0.107. The Balaban J connectivity index is 1.54. The topological polar surface area (TPSA) is 79.5 Å². The van der Waals surface area contributed by atoms with Crippen LogP contribution in [0, 0.1) is 0 Å². The zero-order valence-electron chi connectivity index (χ0n) is 12.3. The van der Waals surface area contributed by atoms with Gasteiger partial charge < -0.3 is 20.7 Å². The molecular formula is C17H15N3O3. The normalized spacial score (nSPS) is 15.2. The lowest BCUT2D eigenvalue weighted by atomic mass is 10.1. The van der Waals surface area contributed by atoms with Crippen molar-refractivity contribution >= 4 is 23.2 Å². The second-order valence-corrected chi connectivity index (χ2v) is 5.59. The minimum absolute atomic E-state index is 0.0319. The van der Waals surface area contributed by atoms with Gasteiger partial charge in [0.15, 0.2) is 6.61 Å². The Labute approximate surface area is 132 Å². The van der Waals surface area contributed by atoms with Crippen molar-refractivity contribution in [2.45, 2.75) is 13.1 Å². The maximum absolute atomic E-state index is 12.4. The number of hydrogen-bond donors (Lipinski definition) is 3. The average molecular weight is 309 g/mol. The minimum Gasteiger partial charge on any atom is -0.482 e. The molecule has 3 N–H and O–H groups in total. The minimum atomic E-state index is -0.209. The van der Waals surface area contributed by atoms with Crippen LogP contribution in [0.3, 0.4) is 0 Å². The van der Waals surface area contributed by atoms with Gasteiger partial charge in [0.25, 0.3) is 11.8 Å². The van der Waals surface area contributed by atoms with Crippen molar-refractivity contribution in [3.63, 3.8) is 0 Å². The first kappa shape index (κ1) is 13.8. The third kappa shape index (κ3) is 2.64. The average Bonchev–Trinajstić information content (AvgIpc) is 3.02. The highest BCUT2D eigenvalue weighted by molar-refractivity contribution is 6.05. The van der Waals surface area contributed by atoms with Crippen LogP contribution in [0.25, 0.3) is 0 Å². The van der Waals surface area contributed by atoms with Crippen LogP contribution in [0.15, 0.2) is 36.4 Å². The van der Waals surface area contributed by atoms with Crippen molar-refractivity contribution in [1.29, 1.82) is 0 Å². The molecule has 0 atom stereocenters. The Morgan fingerprint density at radius 2 is 1.96 bits per heavy atom. The number of fused-ring (bicyclic) bond motifs is 2. The fourth-order valence-corrected chi connectivity index (χ4v) is 2.79. The highest BCUT2D eigenvalue weighted by Gasteiger charge is 2.18. The van der Waals surface area contributed by atoms with Crippen molar-refractivity contribution in [3.8, 4) is 5.75 Å². The third-order valence-electron chi connectivity index (χ3n) is 3.97. The molecule has 0 spiro atoms. The summed E-state index contributed by atoms with van der Waals surface area (Å²) in [6.07, 6.45) is 0. The molecule has 0 unspecified atom stereocenters. The summed E-state index contributed by atoms with van der Waals surface area (Å²) in [5.41, 5.74) is 4.31. The molecule has 2 heterocycles. The molecular weight excluding hydrogens is 294 g/mol. The van der Waals surface area contributed by atoms with Gasteiger partial charge in [-0.15, -0.1) is 0 Å². The molecule has 2 aromatic rings. The monoisotopic (exact) mass is 309 g/mol. The number of carbonyl (C=O) groups is 2. The van der Waals surface area contributed by atoms with Crippen LogP contribution < -0.4 is 20.7 Å². The molecule has 2 aromatic carbocycles. The van der Waals surface area contributed by atoms with Gasteiger partial charge in [-0.3, -0.25) is 9.59 Å². The Hall–Kier alpha value is -2.86. The summed E-state index contributed by atoms with van der Waals surface area (Å²) in [6, 6.07) is 10.9. The molecule has 6 heteroatoms. The largest absolute Gasteiger partial charge is 0.482 e. The second-order valence-electron chi connectivity index (χ2n) is 5.59. The number of anilines is 2. The number of hydrogen-bond acceptors (Lipinski definition) is 4. The maximum Gasteiger partial charge on any atom is 0.262 e. The van der Waals surface area contributed by atoms with Gasteiger partial charge in [0.2, 0.25) is 0 Å². The molecule has 2 aliphatic heterocycles. The van der Waals surface area contributed by atoms with Crippen LogP contribution in [-0.4, -0.2) is 18.4 Å². The number of benzene rings is 2. The van der Waals surface area contributed by atoms with Crippen molar-refractivity contribution in [3.05, 3.63) is 53.1 Å². The van der Waals surface area contributed by atoms with E-state index in [1.54, 1.807) is 18.2 Å². The van der Waals surface area contributed by atoms with Gasteiger partial charge in [-0.25, -0.2) is 0 Å². The maximum atomic E-state index is 12.4. The Morgan fingerprint density at radius 1 is 1.09 bits per heavy atom. The summed E-state index contributed by atoms with van der Waals surface area (Å²) in [6.45, 7) is 1.67. The lowest BCUT2D eigenvalue weighted by Gasteiger charge is -2.18. The molecule has 2 aliphatic rings. The number of carbonyl (C=O) groups excluding carboxylic acids is 2. The molecule has 4 rings (SSSR count). The smallest absolute Gasteiger partial charge is 0.262 e. The molecule has 116 valence electrons. The van der Waals surface area contributed by atoms with E-state index in [0.717, 1.165) is 18.8 Å². The molecule has 0 aliphatic carbocycles. The van der Waals surface area contributed by atoms with Crippen LogP contribution in [0.2, 0.25) is 0 Å². The van der Waals surface area contributed by atoms with Crippen LogP contribution in [0.1, 0.15) is 21.5 Å². The van der Waals surface area contributed by atoms with Gasteiger partial charge in [-0.05, 0) is 41.5 Å². The number of nitrogens with one attached hydrogen (secondary N) is 3. The summed E-state index contributed by atoms with van der Waals surface area (Å²) in [5, 5.41) is 8.87. The second kappa shape index (κ2) is 5.40. The standard InChI is InChI=1S/C17H15N3O3/c21-16-9-23-15-6-10(2-4-14(15)20-16)17(22)19-13-3-1-11-7-18-8-12(11)5-13/h1-6,18H,7-9H2,(H,19,22)(H,20,21). The predicted octanol–water partition coefficient (Wildman–Crippen LogP) is 1.87. The first-order valence-corrected chi connectivity index (χ1v) is 7.39. The molecule has 0 radical (unpaired) electrons. The van der Waals surface area contributed by atoms with Gasteiger partial charge in [0.1, 0.15) is 5.75 Å². The fraction of sp³-hybridized carbons (Fsp3) is 0.176. The van der Waals surface area contributed by atoms with E-state index in [9.17, 15) is 9.59 Å². The van der Waals surface area contributed by atoms with Crippen LogP contribution in [0.4, 0.5) is 11.4 Å². The highest BCUT2D eigenvalue weighted by Crippen LogP contribution is 2.29. The third-order valence-corrected chi connectivity index (χ3v) is 3.97. The van der Waals surface area contributed by atoms with Gasteiger partial charge in [-0.1, -0.05) is 6.07 Å². The van der Waals surface area contributed by atoms with Crippen molar-refractivity contribution in [2.24, 2.45) is 0 Å². The summed E-state index contributed by atoms with van der Waals surface area (Å²) < 4.78 is 5.34. The van der Waals surface area contributed by atoms with E-state index in [2.05, 4.69) is 16.0 Å². The Morgan fingerprint density at radius 3 is 2.87 bits per heavy atom. The zero-order valence-corrected chi connectivity index (χ0v) is 12.3. The van der Waals surface area contributed by atoms with Crippen molar-refractivity contribution in [1.82, 2.24) is 5.32 Å². The van der Waals surface area contributed by atoms with Gasteiger partial charge in [0.05, 0.1) is 5.69 Å². The molecule has 0 fully saturated rings. The van der Waals surface area contributed by atoms with Crippen LogP contribution >= 0.6 is 0 Å². The molecule has 0 saturated carbocycles. The van der Waals surface area contributed by atoms with E-state index in [-0.39, 0.29) is 18.4 Å². The summed E-state index contributed by atoms with van der Waals surface area (Å²) >= 11 is 0. The predicted molar refractivity (Wildman–Crippen MR) is 85.5 cm³/mol. The zero-order chi connectivity index (χ0) is 15.8. The molecule has 6 nitrogen and oxygen atoms in total. The van der Waals surface area contributed by atoms with Gasteiger partial charge in [-0.2, -0.15) is 0 Å². The van der Waals surface area contributed by atoms with Crippen molar-refractivity contribution in [2.75, 3.05) is 17.2 Å². The molecule has 0 bridgehead atoms. The Kier molecular flexibility index (Phi) is 3.24. The number of rotatable bonds is 2. The Bertz CT molecular complexity index is 817. The molecule has 23 heavy (non-hydrogen) atoms. The number of ether oxygens (including phenoxy) is 1. The van der Waals surface area contributed by atoms with Gasteiger partial charge >= 0.3 is 0 Å². The number of amides is 2. The quantitative estimate of drug-likeness (QED) is 0.791. The van der Waals surface area contributed by atoms with E-state index in [4.69, 9.17) is 4.74 Å². The van der Waals surface area contributed by atoms with E-state index >= 15 is 0 Å². The SMILES string of the molecule is O=C1COc2cc(C(=O)Nc3ccc4c(c3)CNC4)ccc2N1. The lowest BCUT2D eigenvalue weighted by molar-refractivity contribution is -0.118. The molecule has 2 amide bonds. The van der Waals surface area contributed by atoms with Crippen LogP contribution in [-0.2, 0) is 17.9 Å². The van der Waals surface area contributed by atoms with E-state index in [1.165, 1.54) is 11.1 Å². The lowest BCUT2D eigenvalue weighted by Crippen LogP contribution is -2.25. The fourth-order valence-electron chi connectivity index (χ4n) is 2.79. The first-order chi connectivity index (χ1) is 11.2. The highest BCUT2D eigenvalue weighted by atomic mass is 16.5. The summed E-state index contributed by atoms with van der Waals surface area (Å²) in [7, 11) is 0. The van der Waals surface area contributed by atoms with E-state index in [0.29, 0.717) is 17.0 Å². The van der Waals surface area contributed by atoms with Gasteiger partial charge in [0, 0.05) is 24.3 Å². The van der Waals surface area contributed by atoms with E-state index in [1.807, 2.05) is 18.2 Å². The first-order valence-electron chi connectivity index (χ1n) is 7.39. The molecule has 0 aromatic heterocycles. The van der Waals surface area contributed by atoms with E-state index < -0.39 is 0 Å².